The zero-order valence-electron chi connectivity index (χ0n) is 23.4. The third-order valence-electron chi connectivity index (χ3n) is 4.80. The lowest BCUT2D eigenvalue weighted by Gasteiger charge is -2.18. The van der Waals surface area contributed by atoms with Gasteiger partial charge in [0.2, 0.25) is 27.7 Å². The Hall–Kier alpha value is -2.78. The lowest BCUT2D eigenvalue weighted by Crippen LogP contribution is -2.50. The van der Waals surface area contributed by atoms with E-state index in [4.69, 9.17) is 5.11 Å². The van der Waals surface area contributed by atoms with Crippen molar-refractivity contribution in [3.05, 3.63) is 0 Å². The summed E-state index contributed by atoms with van der Waals surface area (Å²) in [7, 11) is 1.60. The van der Waals surface area contributed by atoms with E-state index >= 15 is 0 Å². The van der Waals surface area contributed by atoms with E-state index in [1.54, 1.807) is 41.9 Å². The SMILES string of the molecule is CCC(NC(=O)C(CC)NC(C)=O)C(=O)O.CCC(NC)C(=O)NC.CCC(NC)C(=O)NS(C)(=O)=O. The Morgan fingerprint density at radius 1 is 0.676 bits per heavy atom. The maximum absolute atomic E-state index is 11.6. The van der Waals surface area contributed by atoms with E-state index in [1.807, 2.05) is 11.6 Å². The van der Waals surface area contributed by atoms with Crippen LogP contribution in [0.15, 0.2) is 0 Å². The van der Waals surface area contributed by atoms with Crippen molar-refractivity contribution >= 4 is 39.6 Å². The summed E-state index contributed by atoms with van der Waals surface area (Å²) >= 11 is 0. The number of aliphatic carboxylic acids is 1. The molecule has 0 fully saturated rings. The summed E-state index contributed by atoms with van der Waals surface area (Å²) in [6, 6.07) is -2.06. The smallest absolute Gasteiger partial charge is 0.326 e. The summed E-state index contributed by atoms with van der Waals surface area (Å²) in [5.41, 5.74) is 0. The number of carboxylic acids is 1. The summed E-state index contributed by atoms with van der Waals surface area (Å²) in [4.78, 5) is 55.0. The van der Waals surface area contributed by atoms with Crippen molar-refractivity contribution in [2.75, 3.05) is 27.4 Å². The predicted octanol–water partition coefficient (Wildman–Crippen LogP) is -1.33. The van der Waals surface area contributed by atoms with E-state index < -0.39 is 45.9 Å². The minimum Gasteiger partial charge on any atom is -0.480 e. The van der Waals surface area contributed by atoms with Crippen LogP contribution in [0.1, 0.15) is 60.3 Å². The van der Waals surface area contributed by atoms with Crippen molar-refractivity contribution in [1.82, 2.24) is 31.3 Å². The maximum Gasteiger partial charge on any atom is 0.326 e. The molecule has 0 heterocycles. The highest BCUT2D eigenvalue weighted by Crippen LogP contribution is 1.96. The third kappa shape index (κ3) is 20.0. The first kappa shape index (κ1) is 38.7. The van der Waals surface area contributed by atoms with E-state index in [0.29, 0.717) is 19.3 Å². The average molecular weight is 555 g/mol. The fourth-order valence-corrected chi connectivity index (χ4v) is 3.19. The largest absolute Gasteiger partial charge is 0.480 e. The minimum atomic E-state index is -3.43. The summed E-state index contributed by atoms with van der Waals surface area (Å²) in [6.07, 6.45) is 3.06. The van der Waals surface area contributed by atoms with Gasteiger partial charge in [-0.15, -0.1) is 0 Å². The molecule has 0 aliphatic rings. The molecule has 14 nitrogen and oxygen atoms in total. The van der Waals surface area contributed by atoms with Gasteiger partial charge in [-0.05, 0) is 39.8 Å². The van der Waals surface area contributed by atoms with Crippen LogP contribution in [0.5, 0.6) is 0 Å². The van der Waals surface area contributed by atoms with Gasteiger partial charge in [0.1, 0.15) is 12.1 Å². The maximum atomic E-state index is 11.6. The molecule has 4 atom stereocenters. The molecular formula is C22H46N6O8S. The number of amides is 4. The fraction of sp³-hybridized carbons (Fsp3) is 0.773. The van der Waals surface area contributed by atoms with Gasteiger partial charge in [0, 0.05) is 14.0 Å². The van der Waals surface area contributed by atoms with Crippen LogP contribution in [0, 0.1) is 0 Å². The van der Waals surface area contributed by atoms with Crippen LogP contribution < -0.4 is 31.3 Å². The molecule has 15 heteroatoms. The zero-order valence-corrected chi connectivity index (χ0v) is 24.2. The monoisotopic (exact) mass is 554 g/mol. The second kappa shape index (κ2) is 21.3. The highest BCUT2D eigenvalue weighted by molar-refractivity contribution is 7.89. The summed E-state index contributed by atoms with van der Waals surface area (Å²) in [6.45, 7) is 8.48. The second-order valence-corrected chi connectivity index (χ2v) is 9.57. The number of carbonyl (C=O) groups excluding carboxylic acids is 4. The number of sulfonamides is 1. The number of nitrogens with one attached hydrogen (secondary N) is 6. The fourth-order valence-electron chi connectivity index (χ4n) is 2.68. The Morgan fingerprint density at radius 2 is 1.08 bits per heavy atom. The molecule has 4 unspecified atom stereocenters. The molecule has 0 bridgehead atoms. The topological polar surface area (TPSA) is 212 Å². The van der Waals surface area contributed by atoms with Crippen LogP contribution >= 0.6 is 0 Å². The Bertz CT molecular complexity index is 814. The normalized spacial score (nSPS) is 13.5. The van der Waals surface area contributed by atoms with Gasteiger partial charge in [0.15, 0.2) is 0 Å². The molecule has 0 saturated carbocycles. The van der Waals surface area contributed by atoms with E-state index in [-0.39, 0.29) is 17.9 Å². The van der Waals surface area contributed by atoms with E-state index in [0.717, 1.165) is 12.7 Å². The molecule has 218 valence electrons. The molecule has 4 amide bonds. The van der Waals surface area contributed by atoms with Gasteiger partial charge in [-0.2, -0.15) is 0 Å². The second-order valence-electron chi connectivity index (χ2n) is 7.82. The van der Waals surface area contributed by atoms with Crippen LogP contribution in [0.3, 0.4) is 0 Å². The van der Waals surface area contributed by atoms with Gasteiger partial charge in [-0.25, -0.2) is 13.2 Å². The zero-order chi connectivity index (χ0) is 29.8. The van der Waals surface area contributed by atoms with Gasteiger partial charge in [-0.3, -0.25) is 23.9 Å². The quantitative estimate of drug-likeness (QED) is 0.142. The lowest BCUT2D eigenvalue weighted by molar-refractivity contribution is -0.142. The minimum absolute atomic E-state index is 0.0324. The van der Waals surface area contributed by atoms with Crippen LogP contribution in [0.25, 0.3) is 0 Å². The molecule has 0 aliphatic heterocycles. The standard InChI is InChI=1S/C10H18N2O4.C6H14N2O3S.C6H14N2O/c1-4-7(11-6(3)13)9(14)12-8(5-2)10(15)16;1-4-5(7-2)6(9)8-12(3,10)11;1-4-5(7-2)6(9)8-3/h7-8H,4-5H2,1-3H3,(H,11,13)(H,12,14)(H,15,16);5,7H,4H2,1-3H3,(H,8,9);5,7H,4H2,1-3H3,(H,8,9). The predicted molar refractivity (Wildman–Crippen MR) is 141 cm³/mol. The molecule has 0 aromatic heterocycles. The number of likely N-dealkylation sites (N-methyl/N-ethyl adjacent to an activating group) is 3. The molecule has 0 aromatic carbocycles. The molecule has 0 aliphatic carbocycles. The number of hydrogen-bond acceptors (Lipinski definition) is 9. The third-order valence-corrected chi connectivity index (χ3v) is 5.38. The molecule has 7 N–H and O–H groups in total. The number of hydrogen-bond donors (Lipinski definition) is 7. The van der Waals surface area contributed by atoms with Crippen LogP contribution in [0.4, 0.5) is 0 Å². The molecule has 0 radical (unpaired) electrons. The highest BCUT2D eigenvalue weighted by atomic mass is 32.2. The van der Waals surface area contributed by atoms with Crippen molar-refractivity contribution in [2.45, 2.75) is 84.5 Å². The van der Waals surface area contributed by atoms with Crippen LogP contribution in [-0.4, -0.2) is 94.7 Å². The van der Waals surface area contributed by atoms with Gasteiger partial charge < -0.3 is 31.7 Å². The first-order valence-electron chi connectivity index (χ1n) is 12.0. The molecule has 0 rings (SSSR count). The van der Waals surface area contributed by atoms with Crippen molar-refractivity contribution in [3.8, 4) is 0 Å². The van der Waals surface area contributed by atoms with Gasteiger partial charge in [0.05, 0.1) is 18.3 Å². The van der Waals surface area contributed by atoms with Crippen molar-refractivity contribution in [3.63, 3.8) is 0 Å². The van der Waals surface area contributed by atoms with Crippen molar-refractivity contribution in [2.24, 2.45) is 0 Å². The molecular weight excluding hydrogens is 508 g/mol. The Balaban J connectivity index is -0.000000490. The Kier molecular flexibility index (Phi) is 22.3. The van der Waals surface area contributed by atoms with Crippen molar-refractivity contribution in [1.29, 1.82) is 0 Å². The number of carboxylic acid groups (broad SMARTS) is 1. The summed E-state index contributed by atoms with van der Waals surface area (Å²) in [5, 5.41) is 21.7. The van der Waals surface area contributed by atoms with Crippen molar-refractivity contribution < 1.29 is 37.5 Å². The molecule has 0 spiro atoms. The summed E-state index contributed by atoms with van der Waals surface area (Å²) < 4.78 is 23.1. The highest BCUT2D eigenvalue weighted by Gasteiger charge is 2.23. The first-order chi connectivity index (χ1) is 17.1. The first-order valence-corrected chi connectivity index (χ1v) is 13.9. The molecule has 0 aromatic rings. The van der Waals surface area contributed by atoms with Crippen LogP contribution in [0.2, 0.25) is 0 Å². The number of carbonyl (C=O) groups is 5. The van der Waals surface area contributed by atoms with Gasteiger partial charge in [-0.1, -0.05) is 27.7 Å². The van der Waals surface area contributed by atoms with E-state index in [2.05, 4.69) is 26.6 Å². The average Bonchev–Trinajstić information content (AvgIpc) is 2.81. The molecule has 0 saturated heterocycles. The van der Waals surface area contributed by atoms with E-state index in [9.17, 15) is 32.4 Å². The van der Waals surface area contributed by atoms with Gasteiger partial charge in [0.25, 0.3) is 5.91 Å². The Labute approximate surface area is 220 Å². The van der Waals surface area contributed by atoms with E-state index in [1.165, 1.54) is 6.92 Å². The van der Waals surface area contributed by atoms with Gasteiger partial charge >= 0.3 is 5.97 Å². The Morgan fingerprint density at radius 3 is 1.32 bits per heavy atom. The van der Waals surface area contributed by atoms with Crippen LogP contribution in [-0.2, 0) is 34.0 Å². The molecule has 37 heavy (non-hydrogen) atoms. The lowest BCUT2D eigenvalue weighted by atomic mass is 10.1. The number of rotatable bonds is 13. The summed E-state index contributed by atoms with van der Waals surface area (Å²) in [5.74, 6) is -2.31.